The summed E-state index contributed by atoms with van der Waals surface area (Å²) in [7, 11) is 0. The molecule has 0 unspecified atom stereocenters. The zero-order valence-electron chi connectivity index (χ0n) is 26.6. The zero-order chi connectivity index (χ0) is 32.9. The van der Waals surface area contributed by atoms with E-state index in [9.17, 15) is 0 Å². The van der Waals surface area contributed by atoms with Crippen molar-refractivity contribution < 1.29 is 8.83 Å². The minimum Gasteiger partial charge on any atom is -0.455 e. The molecule has 0 saturated heterocycles. The third-order valence-corrected chi connectivity index (χ3v) is 9.10. The van der Waals surface area contributed by atoms with Crippen molar-refractivity contribution in [3.63, 3.8) is 0 Å². The fraction of sp³-hybridized carbons (Fsp3) is 0.0233. The summed E-state index contributed by atoms with van der Waals surface area (Å²) in [6, 6.07) is 41.0. The maximum atomic E-state index is 6.21. The summed E-state index contributed by atoms with van der Waals surface area (Å²) in [5.74, 6) is 1.13. The molecule has 6 heteroatoms. The van der Waals surface area contributed by atoms with Crippen LogP contribution >= 0.6 is 0 Å². The highest BCUT2D eigenvalue weighted by Crippen LogP contribution is 2.35. The van der Waals surface area contributed by atoms with Crippen LogP contribution in [0.1, 0.15) is 18.1 Å². The molecule has 0 atom stereocenters. The van der Waals surface area contributed by atoms with Crippen molar-refractivity contribution >= 4 is 72.8 Å². The van der Waals surface area contributed by atoms with Crippen molar-refractivity contribution in [3.8, 4) is 22.5 Å². The maximum absolute atomic E-state index is 6.21. The quantitative estimate of drug-likeness (QED) is 0.140. The Labute approximate surface area is 281 Å². The SMILES string of the molecule is C=NC(=N/C=C(\C)c1ccc2ccc(-c3cnc(-c4cccc5c4oc4ccccc45)nc3)cc2c1)c1cccc2c1oc1ccccc12. The molecule has 0 aliphatic heterocycles. The van der Waals surface area contributed by atoms with Gasteiger partial charge in [0, 0.05) is 45.7 Å². The summed E-state index contributed by atoms with van der Waals surface area (Å²) < 4.78 is 12.4. The molecule has 6 aromatic carbocycles. The fourth-order valence-corrected chi connectivity index (χ4v) is 6.56. The Hall–Kier alpha value is -6.66. The van der Waals surface area contributed by atoms with Gasteiger partial charge in [-0.15, -0.1) is 0 Å². The largest absolute Gasteiger partial charge is 0.455 e. The monoisotopic (exact) mass is 632 g/mol. The second-order valence-electron chi connectivity index (χ2n) is 12.1. The molecule has 0 saturated carbocycles. The number of allylic oxidation sites excluding steroid dienone is 1. The topological polar surface area (TPSA) is 76.8 Å². The van der Waals surface area contributed by atoms with Crippen LogP contribution in [0.4, 0.5) is 0 Å². The Bertz CT molecular complexity index is 2800. The van der Waals surface area contributed by atoms with E-state index in [0.29, 0.717) is 11.7 Å². The number of amidine groups is 1. The van der Waals surface area contributed by atoms with Crippen LogP contribution in [0.3, 0.4) is 0 Å². The number of hydrogen-bond donors (Lipinski definition) is 0. The van der Waals surface area contributed by atoms with Crippen LogP contribution < -0.4 is 0 Å². The van der Waals surface area contributed by atoms with Gasteiger partial charge < -0.3 is 8.83 Å². The number of benzene rings is 6. The van der Waals surface area contributed by atoms with E-state index in [4.69, 9.17) is 23.8 Å². The van der Waals surface area contributed by atoms with Crippen LogP contribution in [0.2, 0.25) is 0 Å². The molecule has 0 N–H and O–H groups in total. The molecule has 0 aliphatic rings. The third-order valence-electron chi connectivity index (χ3n) is 9.10. The maximum Gasteiger partial charge on any atom is 0.162 e. The molecule has 0 aliphatic carbocycles. The molecule has 0 radical (unpaired) electrons. The standard InChI is InChI=1S/C43H28N4O2/c1-26(23-45-42(44-2)36-13-7-11-34-32-9-3-5-15-38(32)48-40(34)36)28-19-17-27-18-20-29(22-30(27)21-28)31-24-46-43(47-25-31)37-14-8-12-35-33-10-4-6-16-39(33)49-41(35)37/h3-25H,2H2,1H3/b26-23+,45-42?. The van der Waals surface area contributed by atoms with Gasteiger partial charge in [-0.3, -0.25) is 0 Å². The molecule has 0 spiro atoms. The van der Waals surface area contributed by atoms with Gasteiger partial charge in [-0.1, -0.05) is 84.9 Å². The molecule has 0 bridgehead atoms. The average Bonchev–Trinajstić information content (AvgIpc) is 3.74. The van der Waals surface area contributed by atoms with E-state index >= 15 is 0 Å². The normalized spacial score (nSPS) is 12.5. The highest BCUT2D eigenvalue weighted by molar-refractivity contribution is 6.15. The van der Waals surface area contributed by atoms with E-state index in [1.165, 1.54) is 0 Å². The average molecular weight is 633 g/mol. The van der Waals surface area contributed by atoms with Crippen molar-refractivity contribution in [1.29, 1.82) is 0 Å². The smallest absolute Gasteiger partial charge is 0.162 e. The van der Waals surface area contributed by atoms with Crippen LogP contribution in [0, 0.1) is 0 Å². The number of nitrogens with zero attached hydrogens (tertiary/aromatic N) is 4. The Balaban J connectivity index is 1.02. The predicted octanol–water partition coefficient (Wildman–Crippen LogP) is 11.3. The summed E-state index contributed by atoms with van der Waals surface area (Å²) in [5, 5.41) is 6.48. The summed E-state index contributed by atoms with van der Waals surface area (Å²) in [5.41, 5.74) is 8.94. The van der Waals surface area contributed by atoms with Gasteiger partial charge in [0.2, 0.25) is 0 Å². The van der Waals surface area contributed by atoms with Gasteiger partial charge in [0.25, 0.3) is 0 Å². The first-order valence-corrected chi connectivity index (χ1v) is 16.0. The molecule has 49 heavy (non-hydrogen) atoms. The van der Waals surface area contributed by atoms with Gasteiger partial charge in [0.1, 0.15) is 22.3 Å². The minimum atomic E-state index is 0.507. The van der Waals surface area contributed by atoms with Crippen molar-refractivity contribution in [3.05, 3.63) is 151 Å². The van der Waals surface area contributed by atoms with Crippen LogP contribution in [-0.2, 0) is 0 Å². The lowest BCUT2D eigenvalue weighted by Gasteiger charge is -2.08. The number of aliphatic imine (C=N–C) groups is 2. The van der Waals surface area contributed by atoms with E-state index in [1.54, 1.807) is 0 Å². The minimum absolute atomic E-state index is 0.507. The van der Waals surface area contributed by atoms with Crippen LogP contribution in [0.5, 0.6) is 0 Å². The third kappa shape index (κ3) is 4.89. The lowest BCUT2D eigenvalue weighted by Crippen LogP contribution is -1.96. The molecule has 3 heterocycles. The number of fused-ring (bicyclic) bond motifs is 7. The number of rotatable bonds is 5. The highest BCUT2D eigenvalue weighted by Gasteiger charge is 2.15. The van der Waals surface area contributed by atoms with Gasteiger partial charge in [-0.05, 0) is 77.5 Å². The van der Waals surface area contributed by atoms with Crippen LogP contribution in [-0.4, -0.2) is 22.5 Å². The molecular formula is C43H28N4O2. The molecule has 6 nitrogen and oxygen atoms in total. The van der Waals surface area contributed by atoms with E-state index in [2.05, 4.69) is 72.4 Å². The number of aromatic nitrogens is 2. The summed E-state index contributed by atoms with van der Waals surface area (Å²) in [4.78, 5) is 18.6. The molecule has 9 aromatic rings. The fourth-order valence-electron chi connectivity index (χ4n) is 6.56. The van der Waals surface area contributed by atoms with E-state index < -0.39 is 0 Å². The summed E-state index contributed by atoms with van der Waals surface area (Å²) in [6.07, 6.45) is 5.59. The highest BCUT2D eigenvalue weighted by atomic mass is 16.3. The molecular weight excluding hydrogens is 604 g/mol. The Kier molecular flexibility index (Phi) is 6.73. The van der Waals surface area contributed by atoms with E-state index in [1.807, 2.05) is 86.2 Å². The molecule has 9 rings (SSSR count). The second kappa shape index (κ2) is 11.5. The number of para-hydroxylation sites is 4. The molecule has 232 valence electrons. The summed E-state index contributed by atoms with van der Waals surface area (Å²) in [6.45, 7) is 5.85. The number of hydrogen-bond acceptors (Lipinski definition) is 5. The first-order chi connectivity index (χ1) is 24.1. The summed E-state index contributed by atoms with van der Waals surface area (Å²) >= 11 is 0. The first-order valence-electron chi connectivity index (χ1n) is 16.0. The second-order valence-corrected chi connectivity index (χ2v) is 12.1. The zero-order valence-corrected chi connectivity index (χ0v) is 26.6. The van der Waals surface area contributed by atoms with Crippen molar-refractivity contribution in [1.82, 2.24) is 9.97 Å². The van der Waals surface area contributed by atoms with Crippen molar-refractivity contribution in [2.45, 2.75) is 6.92 Å². The van der Waals surface area contributed by atoms with E-state index in [-0.39, 0.29) is 0 Å². The predicted molar refractivity (Wildman–Crippen MR) is 201 cm³/mol. The molecule has 0 amide bonds. The molecule has 0 fully saturated rings. The lowest BCUT2D eigenvalue weighted by atomic mass is 9.99. The van der Waals surface area contributed by atoms with E-state index in [0.717, 1.165) is 88.0 Å². The van der Waals surface area contributed by atoms with Gasteiger partial charge in [-0.25, -0.2) is 20.0 Å². The Morgan fingerprint density at radius 2 is 1.29 bits per heavy atom. The van der Waals surface area contributed by atoms with Crippen molar-refractivity contribution in [2.24, 2.45) is 9.98 Å². The van der Waals surface area contributed by atoms with Gasteiger partial charge >= 0.3 is 0 Å². The van der Waals surface area contributed by atoms with Crippen LogP contribution in [0.15, 0.2) is 159 Å². The first kappa shape index (κ1) is 28.6. The number of furan rings is 2. The lowest BCUT2D eigenvalue weighted by molar-refractivity contribution is 0.668. The Morgan fingerprint density at radius 3 is 2.04 bits per heavy atom. The molecule has 3 aromatic heterocycles. The van der Waals surface area contributed by atoms with Gasteiger partial charge in [0.15, 0.2) is 11.7 Å². The Morgan fingerprint density at radius 1 is 0.633 bits per heavy atom. The van der Waals surface area contributed by atoms with Crippen LogP contribution in [0.25, 0.3) is 82.7 Å². The van der Waals surface area contributed by atoms with Crippen molar-refractivity contribution in [2.75, 3.05) is 0 Å². The van der Waals surface area contributed by atoms with Gasteiger partial charge in [0.05, 0.1) is 11.1 Å². The van der Waals surface area contributed by atoms with Gasteiger partial charge in [-0.2, -0.15) is 0 Å².